The van der Waals surface area contributed by atoms with Gasteiger partial charge in [0.2, 0.25) is 0 Å². The first-order valence-electron chi connectivity index (χ1n) is 9.11. The van der Waals surface area contributed by atoms with Gasteiger partial charge in [-0.1, -0.05) is 26.3 Å². The first-order valence-corrected chi connectivity index (χ1v) is 9.11. The lowest BCUT2D eigenvalue weighted by atomic mass is 9.46. The molecular formula is C20H30O2. The highest BCUT2D eigenvalue weighted by Gasteiger charge is 2.63. The third-order valence-electron chi connectivity index (χ3n) is 7.97. The SMILES string of the molecule is COC1=CC2=CC[C@H]3[C@@H]4CCC[C@@]4(C)CC[C@]3(O)[C@@]2(C)CC1. The number of fused-ring (bicyclic) bond motifs is 5. The summed E-state index contributed by atoms with van der Waals surface area (Å²) in [7, 11) is 1.76. The average Bonchev–Trinajstić information content (AvgIpc) is 2.89. The zero-order valence-electron chi connectivity index (χ0n) is 14.3. The molecule has 4 rings (SSSR count). The molecule has 22 heavy (non-hydrogen) atoms. The second kappa shape index (κ2) is 4.63. The normalized spacial score (nSPS) is 50.4. The molecular weight excluding hydrogens is 272 g/mol. The Labute approximate surface area is 134 Å². The number of hydrogen-bond donors (Lipinski definition) is 1. The second-order valence-electron chi connectivity index (χ2n) is 8.73. The molecule has 0 aliphatic heterocycles. The maximum Gasteiger partial charge on any atom is 0.0958 e. The van der Waals surface area contributed by atoms with Crippen molar-refractivity contribution in [3.63, 3.8) is 0 Å². The summed E-state index contributed by atoms with van der Waals surface area (Å²) in [5.74, 6) is 2.25. The summed E-state index contributed by atoms with van der Waals surface area (Å²) >= 11 is 0. The van der Waals surface area contributed by atoms with E-state index >= 15 is 0 Å². The van der Waals surface area contributed by atoms with Crippen LogP contribution < -0.4 is 0 Å². The van der Waals surface area contributed by atoms with Crippen LogP contribution in [0, 0.1) is 22.7 Å². The largest absolute Gasteiger partial charge is 0.501 e. The monoisotopic (exact) mass is 302 g/mol. The molecule has 0 unspecified atom stereocenters. The Morgan fingerprint density at radius 3 is 2.73 bits per heavy atom. The van der Waals surface area contributed by atoms with Gasteiger partial charge in [0, 0.05) is 11.8 Å². The van der Waals surface area contributed by atoms with Crippen molar-refractivity contribution in [2.24, 2.45) is 22.7 Å². The first kappa shape index (κ1) is 14.8. The van der Waals surface area contributed by atoms with Gasteiger partial charge in [0.25, 0.3) is 0 Å². The van der Waals surface area contributed by atoms with E-state index in [1.54, 1.807) is 7.11 Å². The third-order valence-corrected chi connectivity index (χ3v) is 7.97. The quantitative estimate of drug-likeness (QED) is 0.767. The summed E-state index contributed by atoms with van der Waals surface area (Å²) in [6.07, 6.45) is 13.9. The molecule has 0 aromatic heterocycles. The Hall–Kier alpha value is -0.760. The summed E-state index contributed by atoms with van der Waals surface area (Å²) in [5.41, 5.74) is 1.22. The van der Waals surface area contributed by atoms with E-state index < -0.39 is 5.60 Å². The van der Waals surface area contributed by atoms with Crippen LogP contribution in [0.3, 0.4) is 0 Å². The van der Waals surface area contributed by atoms with Gasteiger partial charge in [-0.25, -0.2) is 0 Å². The smallest absolute Gasteiger partial charge is 0.0958 e. The molecule has 0 heterocycles. The second-order valence-corrected chi connectivity index (χ2v) is 8.73. The fraction of sp³-hybridized carbons (Fsp3) is 0.800. The van der Waals surface area contributed by atoms with E-state index in [-0.39, 0.29) is 5.41 Å². The Balaban J connectivity index is 1.77. The number of methoxy groups -OCH3 is 1. The molecule has 4 aliphatic carbocycles. The van der Waals surface area contributed by atoms with Gasteiger partial charge < -0.3 is 9.84 Å². The van der Waals surface area contributed by atoms with Crippen molar-refractivity contribution in [1.82, 2.24) is 0 Å². The minimum atomic E-state index is -0.513. The highest BCUT2D eigenvalue weighted by Crippen LogP contribution is 2.66. The molecule has 2 heteroatoms. The molecule has 2 saturated carbocycles. The van der Waals surface area contributed by atoms with E-state index in [0.29, 0.717) is 17.3 Å². The summed E-state index contributed by atoms with van der Waals surface area (Å²) in [5, 5.41) is 11.9. The molecule has 0 aromatic rings. The third kappa shape index (κ3) is 1.71. The fourth-order valence-electron chi connectivity index (χ4n) is 6.38. The van der Waals surface area contributed by atoms with Gasteiger partial charge >= 0.3 is 0 Å². The van der Waals surface area contributed by atoms with Crippen LogP contribution in [0.4, 0.5) is 0 Å². The Morgan fingerprint density at radius 1 is 1.14 bits per heavy atom. The Bertz CT molecular complexity index is 548. The average molecular weight is 302 g/mol. The minimum absolute atomic E-state index is 0.0815. The lowest BCUT2D eigenvalue weighted by Gasteiger charge is -2.61. The topological polar surface area (TPSA) is 29.5 Å². The molecule has 5 atom stereocenters. The lowest BCUT2D eigenvalue weighted by molar-refractivity contribution is -0.176. The van der Waals surface area contributed by atoms with Crippen molar-refractivity contribution >= 4 is 0 Å². The maximum absolute atomic E-state index is 11.9. The van der Waals surface area contributed by atoms with Crippen LogP contribution >= 0.6 is 0 Å². The molecule has 0 saturated heterocycles. The lowest BCUT2D eigenvalue weighted by Crippen LogP contribution is -2.61. The summed E-state index contributed by atoms with van der Waals surface area (Å²) in [4.78, 5) is 0. The van der Waals surface area contributed by atoms with Crippen molar-refractivity contribution in [1.29, 1.82) is 0 Å². The standard InChI is InChI=1S/C20H30O2/c1-18-9-4-5-16(18)17-7-6-14-13-15(22-3)8-10-19(14,2)20(17,21)12-11-18/h6,13,16-17,21H,4-5,7-12H2,1-3H3/t16-,17-,18-,19-,20+/m0/s1. The van der Waals surface area contributed by atoms with E-state index in [9.17, 15) is 5.11 Å². The molecule has 122 valence electrons. The number of aliphatic hydroxyl groups is 1. The van der Waals surface area contributed by atoms with Crippen molar-refractivity contribution in [3.8, 4) is 0 Å². The number of allylic oxidation sites excluding steroid dienone is 3. The molecule has 0 amide bonds. The number of hydrogen-bond acceptors (Lipinski definition) is 2. The molecule has 4 aliphatic rings. The molecule has 2 fully saturated rings. The van der Waals surface area contributed by atoms with E-state index in [1.807, 2.05) is 0 Å². The predicted octanol–water partition coefficient (Wildman–Crippen LogP) is 4.59. The van der Waals surface area contributed by atoms with Crippen molar-refractivity contribution in [2.75, 3.05) is 7.11 Å². The number of ether oxygens (including phenoxy) is 1. The van der Waals surface area contributed by atoms with E-state index in [2.05, 4.69) is 26.0 Å². The van der Waals surface area contributed by atoms with Crippen LogP contribution in [0.25, 0.3) is 0 Å². The van der Waals surface area contributed by atoms with Crippen molar-refractivity contribution in [3.05, 3.63) is 23.5 Å². The Morgan fingerprint density at radius 2 is 1.95 bits per heavy atom. The minimum Gasteiger partial charge on any atom is -0.501 e. The predicted molar refractivity (Wildman–Crippen MR) is 88.3 cm³/mol. The van der Waals surface area contributed by atoms with Gasteiger partial charge in [-0.3, -0.25) is 0 Å². The zero-order chi connectivity index (χ0) is 15.6. The maximum atomic E-state index is 11.9. The van der Waals surface area contributed by atoms with E-state index in [1.165, 1.54) is 31.3 Å². The van der Waals surface area contributed by atoms with Gasteiger partial charge in [0.05, 0.1) is 18.5 Å². The van der Waals surface area contributed by atoms with Crippen LogP contribution in [-0.4, -0.2) is 17.8 Å². The highest BCUT2D eigenvalue weighted by atomic mass is 16.5. The molecule has 0 radical (unpaired) electrons. The van der Waals surface area contributed by atoms with Gasteiger partial charge in [-0.05, 0) is 67.4 Å². The molecule has 0 aromatic carbocycles. The van der Waals surface area contributed by atoms with Gasteiger partial charge in [-0.2, -0.15) is 0 Å². The molecule has 0 bridgehead atoms. The van der Waals surface area contributed by atoms with Gasteiger partial charge in [0.1, 0.15) is 0 Å². The highest BCUT2D eigenvalue weighted by molar-refractivity contribution is 5.39. The molecule has 2 nitrogen and oxygen atoms in total. The van der Waals surface area contributed by atoms with Crippen LogP contribution in [0.2, 0.25) is 0 Å². The molecule has 1 N–H and O–H groups in total. The Kier molecular flexibility index (Phi) is 3.11. The van der Waals surface area contributed by atoms with Crippen LogP contribution in [0.15, 0.2) is 23.5 Å². The van der Waals surface area contributed by atoms with Crippen molar-refractivity contribution < 1.29 is 9.84 Å². The first-order chi connectivity index (χ1) is 10.4. The van der Waals surface area contributed by atoms with Crippen LogP contribution in [0.5, 0.6) is 0 Å². The van der Waals surface area contributed by atoms with E-state index in [4.69, 9.17) is 4.74 Å². The molecule has 0 spiro atoms. The van der Waals surface area contributed by atoms with Gasteiger partial charge in [0.15, 0.2) is 0 Å². The van der Waals surface area contributed by atoms with Crippen LogP contribution in [-0.2, 0) is 4.74 Å². The zero-order valence-corrected chi connectivity index (χ0v) is 14.3. The summed E-state index contributed by atoms with van der Waals surface area (Å²) in [6, 6.07) is 0. The van der Waals surface area contributed by atoms with Crippen molar-refractivity contribution in [2.45, 2.75) is 70.8 Å². The summed E-state index contributed by atoms with van der Waals surface area (Å²) < 4.78 is 5.48. The van der Waals surface area contributed by atoms with E-state index in [0.717, 1.165) is 31.4 Å². The van der Waals surface area contributed by atoms with Crippen LogP contribution in [0.1, 0.15) is 65.2 Å². The number of rotatable bonds is 1. The fourth-order valence-corrected chi connectivity index (χ4v) is 6.38. The summed E-state index contributed by atoms with van der Waals surface area (Å²) in [6.45, 7) is 4.79. The van der Waals surface area contributed by atoms with Gasteiger partial charge in [-0.15, -0.1) is 0 Å².